The molecule has 33 heavy (non-hydrogen) atoms. The molecule has 10 heteroatoms. The highest BCUT2D eigenvalue weighted by molar-refractivity contribution is 6.28. The number of carboxylic acid groups (broad SMARTS) is 1. The highest BCUT2D eigenvalue weighted by Crippen LogP contribution is 2.34. The number of aryl methyl sites for hydroxylation is 2. The molecule has 2 aromatic carbocycles. The van der Waals surface area contributed by atoms with Gasteiger partial charge < -0.3 is 14.8 Å². The number of nitrogens with zero attached hydrogens (tertiary/aromatic N) is 2. The number of benzene rings is 2. The van der Waals surface area contributed by atoms with Gasteiger partial charge in [0.05, 0.1) is 21.7 Å². The van der Waals surface area contributed by atoms with Gasteiger partial charge >= 0.3 is 12.0 Å². The maximum Gasteiger partial charge on any atom is 0.335 e. The smallest absolute Gasteiger partial charge is 0.335 e. The van der Waals surface area contributed by atoms with Crippen LogP contribution in [0.1, 0.15) is 27.2 Å². The van der Waals surface area contributed by atoms with Crippen molar-refractivity contribution in [1.82, 2.24) is 5.32 Å². The molecule has 3 aromatic rings. The van der Waals surface area contributed by atoms with Crippen molar-refractivity contribution in [2.24, 2.45) is 0 Å². The van der Waals surface area contributed by atoms with Crippen molar-refractivity contribution in [3.63, 3.8) is 0 Å². The molecule has 1 aromatic heterocycles. The number of hydrogen-bond acceptors (Lipinski definition) is 6. The minimum atomic E-state index is -1.13. The summed E-state index contributed by atoms with van der Waals surface area (Å²) in [5, 5.41) is 22.9. The molecule has 0 saturated carbocycles. The second-order valence-electron chi connectivity index (χ2n) is 7.39. The fraction of sp³-hybridized carbons (Fsp3) is 0.0870. The van der Waals surface area contributed by atoms with E-state index in [-0.39, 0.29) is 34.2 Å². The fourth-order valence-corrected chi connectivity index (χ4v) is 3.39. The molecular formula is C23H17N3O7. The van der Waals surface area contributed by atoms with E-state index in [0.717, 1.165) is 16.0 Å². The molecule has 2 heterocycles. The van der Waals surface area contributed by atoms with E-state index in [1.807, 2.05) is 6.92 Å². The molecule has 4 rings (SSSR count). The number of amides is 3. The summed E-state index contributed by atoms with van der Waals surface area (Å²) in [7, 11) is 0. The van der Waals surface area contributed by atoms with Crippen LogP contribution in [-0.2, 0) is 4.79 Å². The number of rotatable bonds is 5. The van der Waals surface area contributed by atoms with E-state index in [0.29, 0.717) is 5.56 Å². The van der Waals surface area contributed by atoms with Gasteiger partial charge in [-0.15, -0.1) is 0 Å². The molecule has 0 aliphatic carbocycles. The summed E-state index contributed by atoms with van der Waals surface area (Å²) >= 11 is 0. The number of carboxylic acids is 1. The maximum atomic E-state index is 12.8. The van der Waals surface area contributed by atoms with Crippen LogP contribution in [0.25, 0.3) is 17.4 Å². The van der Waals surface area contributed by atoms with Crippen LogP contribution in [-0.4, -0.2) is 27.9 Å². The van der Waals surface area contributed by atoms with Crippen molar-refractivity contribution in [1.29, 1.82) is 0 Å². The van der Waals surface area contributed by atoms with E-state index >= 15 is 0 Å². The van der Waals surface area contributed by atoms with Crippen LogP contribution >= 0.6 is 0 Å². The molecule has 1 aliphatic heterocycles. The van der Waals surface area contributed by atoms with Crippen molar-refractivity contribution in [2.75, 3.05) is 4.90 Å². The predicted molar refractivity (Wildman–Crippen MR) is 118 cm³/mol. The summed E-state index contributed by atoms with van der Waals surface area (Å²) in [6.45, 7) is 3.61. The summed E-state index contributed by atoms with van der Waals surface area (Å²) in [6.07, 6.45) is 1.32. The molecule has 1 fully saturated rings. The van der Waals surface area contributed by atoms with Gasteiger partial charge in [0.15, 0.2) is 0 Å². The average Bonchev–Trinajstić information content (AvgIpc) is 3.34. The SMILES string of the molecule is Cc1cc(-c2ccc(/C=C3/NC(=O)N(c4ccc(C(=O)O)cc4)C3=O)o2)c([N+](=O)[O-])cc1C. The van der Waals surface area contributed by atoms with Gasteiger partial charge in [-0.2, -0.15) is 0 Å². The highest BCUT2D eigenvalue weighted by Gasteiger charge is 2.35. The number of nitrogens with one attached hydrogen (secondary N) is 1. The van der Waals surface area contributed by atoms with E-state index in [1.165, 1.54) is 42.5 Å². The third kappa shape index (κ3) is 3.97. The second kappa shape index (κ2) is 8.08. The monoisotopic (exact) mass is 447 g/mol. The van der Waals surface area contributed by atoms with Crippen molar-refractivity contribution in [3.8, 4) is 11.3 Å². The Kier molecular flexibility index (Phi) is 5.26. The first-order valence-corrected chi connectivity index (χ1v) is 9.72. The molecule has 0 radical (unpaired) electrons. The summed E-state index contributed by atoms with van der Waals surface area (Å²) < 4.78 is 5.72. The number of nitro benzene ring substituents is 1. The van der Waals surface area contributed by atoms with Crippen molar-refractivity contribution >= 4 is 35.4 Å². The Morgan fingerprint density at radius 1 is 1.09 bits per heavy atom. The Labute approximate surface area is 186 Å². The normalized spacial score (nSPS) is 14.6. The van der Waals surface area contributed by atoms with Gasteiger partial charge in [-0.1, -0.05) is 0 Å². The number of carbonyl (C=O) groups excluding carboxylic acids is 2. The zero-order valence-electron chi connectivity index (χ0n) is 17.5. The highest BCUT2D eigenvalue weighted by atomic mass is 16.6. The van der Waals surface area contributed by atoms with Crippen molar-refractivity contribution in [3.05, 3.63) is 86.8 Å². The zero-order chi connectivity index (χ0) is 23.9. The Bertz CT molecular complexity index is 1350. The number of aromatic carboxylic acids is 1. The van der Waals surface area contributed by atoms with Gasteiger partial charge in [0.2, 0.25) is 0 Å². The number of nitro groups is 1. The quantitative estimate of drug-likeness (QED) is 0.257. The van der Waals surface area contributed by atoms with Gasteiger partial charge in [0.1, 0.15) is 17.2 Å². The molecule has 3 amide bonds. The lowest BCUT2D eigenvalue weighted by Gasteiger charge is -2.11. The van der Waals surface area contributed by atoms with E-state index in [1.54, 1.807) is 19.1 Å². The number of anilines is 1. The lowest BCUT2D eigenvalue weighted by molar-refractivity contribution is -0.384. The molecule has 0 bridgehead atoms. The minimum absolute atomic E-state index is 0.0186. The summed E-state index contributed by atoms with van der Waals surface area (Å²) in [4.78, 5) is 48.0. The number of hydrogen-bond donors (Lipinski definition) is 2. The molecule has 166 valence electrons. The van der Waals surface area contributed by atoms with Crippen LogP contribution in [0.5, 0.6) is 0 Å². The Morgan fingerprint density at radius 3 is 2.39 bits per heavy atom. The van der Waals surface area contributed by atoms with Crippen molar-refractivity contribution < 1.29 is 28.8 Å². The maximum absolute atomic E-state index is 12.8. The third-order valence-electron chi connectivity index (χ3n) is 5.24. The lowest BCUT2D eigenvalue weighted by atomic mass is 10.0. The number of imide groups is 1. The lowest BCUT2D eigenvalue weighted by Crippen LogP contribution is -2.30. The molecule has 0 spiro atoms. The first-order valence-electron chi connectivity index (χ1n) is 9.72. The number of furan rings is 1. The largest absolute Gasteiger partial charge is 0.478 e. The van der Waals surface area contributed by atoms with Crippen LogP contribution in [0.3, 0.4) is 0 Å². The van der Waals surface area contributed by atoms with Crippen LogP contribution in [0, 0.1) is 24.0 Å². The zero-order valence-corrected chi connectivity index (χ0v) is 17.5. The standard InChI is InChI=1S/C23H17N3O7/c1-12-9-17(19(26(31)32)10-13(12)2)20-8-7-16(33-20)11-18-21(27)25(23(30)24-18)15-5-3-14(4-6-15)22(28)29/h3-11H,1-2H3,(H,24,30)(H,28,29)/b18-11+. The van der Waals surface area contributed by atoms with Crippen LogP contribution in [0.15, 0.2) is 58.6 Å². The Hall–Kier alpha value is -4.73. The summed E-state index contributed by atoms with van der Waals surface area (Å²) in [5.74, 6) is -1.33. The van der Waals surface area contributed by atoms with Gasteiger partial charge in [-0.25, -0.2) is 14.5 Å². The van der Waals surface area contributed by atoms with Crippen molar-refractivity contribution in [2.45, 2.75) is 13.8 Å². The van der Waals surface area contributed by atoms with E-state index in [2.05, 4.69) is 5.32 Å². The minimum Gasteiger partial charge on any atom is -0.478 e. The van der Waals surface area contributed by atoms with E-state index in [9.17, 15) is 24.5 Å². The molecule has 2 N–H and O–H groups in total. The summed E-state index contributed by atoms with van der Waals surface area (Å²) in [6, 6.07) is 10.8. The van der Waals surface area contributed by atoms with Crippen LogP contribution < -0.4 is 10.2 Å². The fourth-order valence-electron chi connectivity index (χ4n) is 3.39. The van der Waals surface area contributed by atoms with E-state index in [4.69, 9.17) is 9.52 Å². The first-order chi connectivity index (χ1) is 15.7. The first kappa shape index (κ1) is 21.5. The average molecular weight is 447 g/mol. The van der Waals surface area contributed by atoms with Gasteiger partial charge in [-0.3, -0.25) is 14.9 Å². The third-order valence-corrected chi connectivity index (χ3v) is 5.24. The molecule has 10 nitrogen and oxygen atoms in total. The van der Waals surface area contributed by atoms with Crippen LogP contribution in [0.2, 0.25) is 0 Å². The second-order valence-corrected chi connectivity index (χ2v) is 7.39. The molecule has 0 atom stereocenters. The molecular weight excluding hydrogens is 430 g/mol. The number of carbonyl (C=O) groups is 3. The predicted octanol–water partition coefficient (Wildman–Crippen LogP) is 4.27. The van der Waals surface area contributed by atoms with Gasteiger partial charge in [0.25, 0.3) is 11.6 Å². The van der Waals surface area contributed by atoms with Crippen LogP contribution in [0.4, 0.5) is 16.2 Å². The Balaban J connectivity index is 1.63. The number of urea groups is 1. The van der Waals surface area contributed by atoms with E-state index < -0.39 is 22.8 Å². The Morgan fingerprint density at radius 2 is 1.76 bits per heavy atom. The molecule has 1 saturated heterocycles. The van der Waals surface area contributed by atoms with Gasteiger partial charge in [0, 0.05) is 12.1 Å². The van der Waals surface area contributed by atoms with Gasteiger partial charge in [-0.05, 0) is 67.4 Å². The topological polar surface area (TPSA) is 143 Å². The molecule has 1 aliphatic rings. The molecule has 0 unspecified atom stereocenters. The summed E-state index contributed by atoms with van der Waals surface area (Å²) in [5.41, 5.74) is 1.99.